The van der Waals surface area contributed by atoms with Crippen LogP contribution in [-0.2, 0) is 6.54 Å². The number of benzene rings is 2. The van der Waals surface area contributed by atoms with Crippen LogP contribution in [0.25, 0.3) is 22.2 Å². The van der Waals surface area contributed by atoms with Crippen LogP contribution in [0.2, 0.25) is 0 Å². The minimum absolute atomic E-state index is 0.182. The third-order valence-electron chi connectivity index (χ3n) is 4.80. The third-order valence-corrected chi connectivity index (χ3v) is 4.80. The van der Waals surface area contributed by atoms with Crippen molar-refractivity contribution in [1.29, 1.82) is 0 Å². The van der Waals surface area contributed by atoms with E-state index in [0.717, 1.165) is 22.2 Å². The molecule has 1 amide bonds. The Hall–Kier alpha value is -3.80. The number of nitrogens with zero attached hydrogens (tertiary/aromatic N) is 1. The Morgan fingerprint density at radius 3 is 2.69 bits per heavy atom. The molecule has 1 aliphatic heterocycles. The van der Waals surface area contributed by atoms with E-state index in [1.165, 1.54) is 0 Å². The number of carbonyl (C=O) groups excluding carboxylic acids is 1. The SMILES string of the molecule is O=C(NCc1ccco1)c1cc(-c2ccc3c(c2)OCCO3)nc2ccccc12. The first kappa shape index (κ1) is 17.3. The van der Waals surface area contributed by atoms with Gasteiger partial charge in [-0.2, -0.15) is 0 Å². The second kappa shape index (κ2) is 7.31. The molecule has 3 heterocycles. The zero-order valence-corrected chi connectivity index (χ0v) is 15.6. The van der Waals surface area contributed by atoms with E-state index >= 15 is 0 Å². The number of aromatic nitrogens is 1. The number of carbonyl (C=O) groups is 1. The van der Waals surface area contributed by atoms with Crippen LogP contribution < -0.4 is 14.8 Å². The molecule has 6 nitrogen and oxygen atoms in total. The number of furan rings is 1. The summed E-state index contributed by atoms with van der Waals surface area (Å²) in [5.74, 6) is 1.92. The van der Waals surface area contributed by atoms with Gasteiger partial charge < -0.3 is 19.2 Å². The second-order valence-corrected chi connectivity index (χ2v) is 6.69. The molecule has 0 unspecified atom stereocenters. The number of para-hydroxylation sites is 1. The Labute approximate surface area is 167 Å². The summed E-state index contributed by atoms with van der Waals surface area (Å²) in [6.45, 7) is 1.38. The van der Waals surface area contributed by atoms with Crippen LogP contribution in [0.3, 0.4) is 0 Å². The minimum atomic E-state index is -0.182. The van der Waals surface area contributed by atoms with Crippen molar-refractivity contribution in [1.82, 2.24) is 10.3 Å². The van der Waals surface area contributed by atoms with E-state index in [0.29, 0.717) is 42.5 Å². The van der Waals surface area contributed by atoms with E-state index in [1.807, 2.05) is 54.6 Å². The zero-order chi connectivity index (χ0) is 19.6. The Balaban J connectivity index is 1.54. The van der Waals surface area contributed by atoms with E-state index in [1.54, 1.807) is 12.3 Å². The number of ether oxygens (including phenoxy) is 2. The molecule has 1 aliphatic rings. The number of hydrogen-bond donors (Lipinski definition) is 1. The third kappa shape index (κ3) is 3.40. The van der Waals surface area contributed by atoms with Crippen molar-refractivity contribution in [2.45, 2.75) is 6.54 Å². The summed E-state index contributed by atoms with van der Waals surface area (Å²) < 4.78 is 16.6. The van der Waals surface area contributed by atoms with Crippen LogP contribution in [-0.4, -0.2) is 24.1 Å². The maximum absolute atomic E-state index is 12.9. The average Bonchev–Trinajstić information content (AvgIpc) is 3.30. The first-order valence-corrected chi connectivity index (χ1v) is 9.38. The first-order chi connectivity index (χ1) is 14.3. The molecule has 0 aliphatic carbocycles. The van der Waals surface area contributed by atoms with Gasteiger partial charge in [-0.05, 0) is 42.5 Å². The molecule has 0 saturated carbocycles. The predicted molar refractivity (Wildman–Crippen MR) is 108 cm³/mol. The van der Waals surface area contributed by atoms with Gasteiger partial charge in [0.1, 0.15) is 19.0 Å². The number of nitrogens with one attached hydrogen (secondary N) is 1. The minimum Gasteiger partial charge on any atom is -0.486 e. The van der Waals surface area contributed by atoms with Gasteiger partial charge in [-0.15, -0.1) is 0 Å². The molecule has 5 rings (SSSR count). The summed E-state index contributed by atoms with van der Waals surface area (Å²) in [4.78, 5) is 17.7. The normalized spacial score (nSPS) is 12.7. The lowest BCUT2D eigenvalue weighted by molar-refractivity contribution is 0.0949. The van der Waals surface area contributed by atoms with Crippen molar-refractivity contribution in [3.63, 3.8) is 0 Å². The fourth-order valence-electron chi connectivity index (χ4n) is 3.39. The van der Waals surface area contributed by atoms with Crippen LogP contribution in [0.5, 0.6) is 11.5 Å². The van der Waals surface area contributed by atoms with Crippen LogP contribution in [0.1, 0.15) is 16.1 Å². The fourth-order valence-corrected chi connectivity index (χ4v) is 3.39. The van der Waals surface area contributed by atoms with E-state index in [9.17, 15) is 4.79 Å². The Morgan fingerprint density at radius 1 is 0.966 bits per heavy atom. The number of pyridine rings is 1. The fraction of sp³-hybridized carbons (Fsp3) is 0.130. The lowest BCUT2D eigenvalue weighted by Gasteiger charge is -2.19. The molecule has 0 atom stereocenters. The maximum Gasteiger partial charge on any atom is 0.252 e. The number of fused-ring (bicyclic) bond motifs is 2. The molecule has 2 aromatic heterocycles. The number of amides is 1. The molecule has 144 valence electrons. The van der Waals surface area contributed by atoms with Crippen molar-refractivity contribution in [3.8, 4) is 22.8 Å². The Bertz CT molecular complexity index is 1180. The summed E-state index contributed by atoms with van der Waals surface area (Å²) in [6, 6.07) is 18.7. The van der Waals surface area contributed by atoms with Crippen LogP contribution in [0.4, 0.5) is 0 Å². The molecule has 29 heavy (non-hydrogen) atoms. The highest BCUT2D eigenvalue weighted by Gasteiger charge is 2.17. The van der Waals surface area contributed by atoms with Gasteiger partial charge in [0.15, 0.2) is 11.5 Å². The van der Waals surface area contributed by atoms with Gasteiger partial charge in [-0.1, -0.05) is 18.2 Å². The monoisotopic (exact) mass is 386 g/mol. The molecule has 4 aromatic rings. The van der Waals surface area contributed by atoms with Crippen LogP contribution in [0.15, 0.2) is 71.3 Å². The molecule has 0 spiro atoms. The van der Waals surface area contributed by atoms with Crippen LogP contribution in [0, 0.1) is 0 Å². The first-order valence-electron chi connectivity index (χ1n) is 9.38. The highest BCUT2D eigenvalue weighted by atomic mass is 16.6. The molecule has 6 heteroatoms. The summed E-state index contributed by atoms with van der Waals surface area (Å²) in [5, 5.41) is 3.71. The van der Waals surface area contributed by atoms with Crippen LogP contribution >= 0.6 is 0 Å². The molecule has 0 bridgehead atoms. The lowest BCUT2D eigenvalue weighted by atomic mass is 10.0. The second-order valence-electron chi connectivity index (χ2n) is 6.69. The zero-order valence-electron chi connectivity index (χ0n) is 15.6. The van der Waals surface area contributed by atoms with Gasteiger partial charge in [0, 0.05) is 10.9 Å². The Morgan fingerprint density at radius 2 is 1.83 bits per heavy atom. The van der Waals surface area contributed by atoms with E-state index in [4.69, 9.17) is 18.9 Å². The summed E-state index contributed by atoms with van der Waals surface area (Å²) in [5.41, 5.74) is 2.87. The smallest absolute Gasteiger partial charge is 0.252 e. The molecule has 0 fully saturated rings. The predicted octanol–water partition coefficient (Wildman–Crippen LogP) is 4.20. The van der Waals surface area contributed by atoms with E-state index in [2.05, 4.69) is 5.32 Å². The molecular formula is C23H18N2O4. The maximum atomic E-state index is 12.9. The number of rotatable bonds is 4. The molecular weight excluding hydrogens is 368 g/mol. The summed E-state index contributed by atoms with van der Waals surface area (Å²) in [6.07, 6.45) is 1.59. The molecule has 2 aromatic carbocycles. The van der Waals surface area contributed by atoms with Crippen molar-refractivity contribution < 1.29 is 18.7 Å². The standard InChI is InChI=1S/C23H18N2O4/c26-23(24-14-16-4-3-9-27-16)18-13-20(25-19-6-2-1-5-17(18)19)15-7-8-21-22(12-15)29-11-10-28-21/h1-9,12-13H,10-11,14H2,(H,24,26). The highest BCUT2D eigenvalue weighted by Crippen LogP contribution is 2.35. The van der Waals surface area contributed by atoms with Crippen molar-refractivity contribution in [2.75, 3.05) is 13.2 Å². The van der Waals surface area contributed by atoms with Gasteiger partial charge in [0.25, 0.3) is 5.91 Å². The van der Waals surface area contributed by atoms with Crippen molar-refractivity contribution in [3.05, 3.63) is 78.3 Å². The molecule has 0 saturated heterocycles. The largest absolute Gasteiger partial charge is 0.486 e. The van der Waals surface area contributed by atoms with Gasteiger partial charge >= 0.3 is 0 Å². The highest BCUT2D eigenvalue weighted by molar-refractivity contribution is 6.07. The molecule has 0 radical (unpaired) electrons. The topological polar surface area (TPSA) is 73.6 Å². The van der Waals surface area contributed by atoms with E-state index < -0.39 is 0 Å². The quantitative estimate of drug-likeness (QED) is 0.569. The number of hydrogen-bond acceptors (Lipinski definition) is 5. The Kier molecular flexibility index (Phi) is 4.37. The van der Waals surface area contributed by atoms with Gasteiger partial charge in [0.2, 0.25) is 0 Å². The van der Waals surface area contributed by atoms with Gasteiger partial charge in [-0.25, -0.2) is 4.98 Å². The van der Waals surface area contributed by atoms with Crippen molar-refractivity contribution in [2.24, 2.45) is 0 Å². The molecule has 1 N–H and O–H groups in total. The van der Waals surface area contributed by atoms with Gasteiger partial charge in [0.05, 0.1) is 29.6 Å². The van der Waals surface area contributed by atoms with E-state index in [-0.39, 0.29) is 5.91 Å². The summed E-state index contributed by atoms with van der Waals surface area (Å²) in [7, 11) is 0. The van der Waals surface area contributed by atoms with Crippen molar-refractivity contribution >= 4 is 16.8 Å². The average molecular weight is 386 g/mol. The summed E-state index contributed by atoms with van der Waals surface area (Å²) >= 11 is 0. The van der Waals surface area contributed by atoms with Gasteiger partial charge in [-0.3, -0.25) is 4.79 Å². The lowest BCUT2D eigenvalue weighted by Crippen LogP contribution is -2.23.